The van der Waals surface area contributed by atoms with Crippen LogP contribution in [0.5, 0.6) is 0 Å². The topological polar surface area (TPSA) is 169 Å². The van der Waals surface area contributed by atoms with E-state index in [0.717, 1.165) is 0 Å². The minimum atomic E-state index is -0.541. The van der Waals surface area contributed by atoms with Gasteiger partial charge in [-0.2, -0.15) is 6.08 Å². The molecule has 1 rings (SSSR count). The second-order valence-electron chi connectivity index (χ2n) is 6.55. The molecule has 0 saturated carbocycles. The molecule has 0 aliphatic heterocycles. The summed E-state index contributed by atoms with van der Waals surface area (Å²) in [6.45, 7) is 7.74. The Balaban J connectivity index is -0.000000228. The van der Waals surface area contributed by atoms with Crippen molar-refractivity contribution in [3.63, 3.8) is 0 Å². The van der Waals surface area contributed by atoms with Gasteiger partial charge in [0.2, 0.25) is 5.97 Å². The zero-order valence-electron chi connectivity index (χ0n) is 22.6. The third-order valence-electron chi connectivity index (χ3n) is 4.13. The molecule has 0 aromatic carbocycles. The first kappa shape index (κ1) is 42.1. The third kappa shape index (κ3) is 18.8. The molecule has 1 N–H and O–H groups in total. The van der Waals surface area contributed by atoms with Crippen LogP contribution in [-0.2, 0) is 47.7 Å². The van der Waals surface area contributed by atoms with E-state index in [1.807, 2.05) is 6.92 Å². The van der Waals surface area contributed by atoms with E-state index in [4.69, 9.17) is 16.3 Å². The van der Waals surface area contributed by atoms with Gasteiger partial charge in [-0.3, -0.25) is 19.2 Å². The van der Waals surface area contributed by atoms with Crippen LogP contribution in [0.3, 0.4) is 0 Å². The predicted octanol–water partition coefficient (Wildman–Crippen LogP) is -0.334. The summed E-state index contributed by atoms with van der Waals surface area (Å²) in [6, 6.07) is 0. The van der Waals surface area contributed by atoms with E-state index in [2.05, 4.69) is 20.3 Å². The van der Waals surface area contributed by atoms with Crippen molar-refractivity contribution in [3.8, 4) is 0 Å². The molecule has 0 aromatic rings. The van der Waals surface area contributed by atoms with Crippen LogP contribution in [-0.4, -0.2) is 74.2 Å². The van der Waals surface area contributed by atoms with Gasteiger partial charge >= 0.3 is 47.5 Å². The average Bonchev–Trinajstić information content (AvgIpc) is 3.28. The number of methoxy groups -OCH3 is 2. The van der Waals surface area contributed by atoms with E-state index in [1.54, 1.807) is 20.8 Å². The maximum Gasteiger partial charge on any atom is 1.00 e. The summed E-state index contributed by atoms with van der Waals surface area (Å²) in [5, 5.41) is 0. The van der Waals surface area contributed by atoms with Crippen molar-refractivity contribution in [1.29, 1.82) is 0 Å². The molecule has 1 aliphatic carbocycles. The number of carbonyl (C=O) groups excluding carboxylic acids is 6. The van der Waals surface area contributed by atoms with E-state index in [0.29, 0.717) is 49.2 Å². The molecular formula is C24H35ClNaO11-. The van der Waals surface area contributed by atoms with Crippen molar-refractivity contribution in [2.45, 2.75) is 59.8 Å². The Labute approximate surface area is 244 Å². The Morgan fingerprint density at radius 1 is 0.811 bits per heavy atom. The number of carbonyl (C=O) groups is 6. The van der Waals surface area contributed by atoms with E-state index in [1.165, 1.54) is 14.2 Å². The van der Waals surface area contributed by atoms with Gasteiger partial charge in [-0.05, 0) is 19.4 Å². The predicted molar refractivity (Wildman–Crippen MR) is 128 cm³/mol. The summed E-state index contributed by atoms with van der Waals surface area (Å²) in [4.78, 5) is 64.8. The van der Waals surface area contributed by atoms with Crippen LogP contribution in [0.2, 0.25) is 0 Å². The monoisotopic (exact) mass is 557 g/mol. The molecule has 0 heterocycles. The van der Waals surface area contributed by atoms with Crippen LogP contribution in [0, 0.1) is 6.08 Å². The number of halogens is 1. The number of allylic oxidation sites excluding steroid dienone is 1. The third-order valence-corrected chi connectivity index (χ3v) is 4.43. The second kappa shape index (κ2) is 25.6. The summed E-state index contributed by atoms with van der Waals surface area (Å²) in [5.74, 6) is -2.30. The fourth-order valence-corrected chi connectivity index (χ4v) is 2.52. The first-order valence-electron chi connectivity index (χ1n) is 11.0. The quantitative estimate of drug-likeness (QED) is 0.0813. The maximum atomic E-state index is 11.6. The molecule has 0 saturated heterocycles. The summed E-state index contributed by atoms with van der Waals surface area (Å²) in [5.41, 5.74) is 1.57. The number of rotatable bonds is 11. The van der Waals surface area contributed by atoms with E-state index < -0.39 is 17.9 Å². The van der Waals surface area contributed by atoms with Crippen molar-refractivity contribution in [3.05, 3.63) is 22.8 Å². The molecule has 206 valence electrons. The van der Waals surface area contributed by atoms with Crippen LogP contribution < -0.4 is 29.6 Å². The zero-order chi connectivity index (χ0) is 27.4. The molecule has 11 nitrogen and oxygen atoms in total. The molecule has 1 aliphatic rings. The van der Waals surface area contributed by atoms with Crippen LogP contribution in [0.25, 0.3) is 0 Å². The number of hydrogen-bond donors (Lipinski definition) is 0. The Morgan fingerprint density at radius 3 is 1.76 bits per heavy atom. The number of hydrogen-bond acceptors (Lipinski definition) is 11. The summed E-state index contributed by atoms with van der Waals surface area (Å²) >= 11 is 5.10. The molecule has 0 bridgehead atoms. The van der Waals surface area contributed by atoms with Crippen molar-refractivity contribution in [2.24, 2.45) is 0 Å². The van der Waals surface area contributed by atoms with Gasteiger partial charge in [0, 0.05) is 6.42 Å². The van der Waals surface area contributed by atoms with Gasteiger partial charge in [0.1, 0.15) is 18.6 Å². The summed E-state index contributed by atoms with van der Waals surface area (Å²) in [6.07, 6.45) is 3.88. The average molecular weight is 558 g/mol. The number of esters is 4. The van der Waals surface area contributed by atoms with Crippen LogP contribution >= 0.6 is 11.6 Å². The smallest absolute Gasteiger partial charge is 0.870 e. The van der Waals surface area contributed by atoms with Crippen LogP contribution in [0.15, 0.2) is 16.7 Å². The van der Waals surface area contributed by atoms with Gasteiger partial charge in [0.15, 0.2) is 5.78 Å². The number of Topliss-reactive ketones (excluding diaryl/α,β-unsaturated/α-hetero) is 2. The Hall–Kier alpha value is -2.05. The fraction of sp³-hybridized carbons (Fsp3) is 0.583. The summed E-state index contributed by atoms with van der Waals surface area (Å²) < 4.78 is 18.3. The van der Waals surface area contributed by atoms with Gasteiger partial charge in [0.25, 0.3) is 0 Å². The van der Waals surface area contributed by atoms with E-state index in [9.17, 15) is 28.8 Å². The summed E-state index contributed by atoms with van der Waals surface area (Å²) in [7, 11) is 2.54. The Bertz CT molecular complexity index is 806. The molecule has 0 amide bonds. The largest absolute Gasteiger partial charge is 1.00 e. The number of ketones is 2. The van der Waals surface area contributed by atoms with Gasteiger partial charge < -0.3 is 29.2 Å². The maximum absolute atomic E-state index is 11.6. The van der Waals surface area contributed by atoms with Crippen molar-refractivity contribution < 1.29 is 82.7 Å². The fourth-order valence-electron chi connectivity index (χ4n) is 2.42. The van der Waals surface area contributed by atoms with Gasteiger partial charge in [-0.1, -0.05) is 26.7 Å². The first-order chi connectivity index (χ1) is 16.6. The molecule has 0 aromatic heterocycles. The van der Waals surface area contributed by atoms with Crippen LogP contribution in [0.1, 0.15) is 59.8 Å². The standard InChI is InChI=1S/C12H15O4.C7H12O3.C5H7ClO3.Na.H2O/c1-4-8-9(11(13)15-3)6-7-10(8)12(14)16-5-2;1-3-6(8)5-7(9)10-4-2;1-9-5(8)2-4(7)3-6;;/h4-5,7H2,1-3H3;3-5H2,1-2H3;2-3H2,1H3;;1H2/q-1;;;+1;/p-1. The van der Waals surface area contributed by atoms with Crippen molar-refractivity contribution in [1.82, 2.24) is 0 Å². The molecule has 0 spiro atoms. The number of ether oxygens (including phenoxy) is 4. The number of alkyl halides is 1. The first-order valence-corrected chi connectivity index (χ1v) is 11.5. The minimum Gasteiger partial charge on any atom is -0.870 e. The Kier molecular flexibility index (Phi) is 29.1. The molecular weight excluding hydrogens is 523 g/mol. The normalized spacial score (nSPS) is 10.9. The molecule has 0 atom stereocenters. The van der Waals surface area contributed by atoms with Crippen molar-refractivity contribution >= 4 is 47.0 Å². The van der Waals surface area contributed by atoms with E-state index in [-0.39, 0.29) is 71.3 Å². The van der Waals surface area contributed by atoms with Gasteiger partial charge in [0.05, 0.1) is 33.3 Å². The van der Waals surface area contributed by atoms with Crippen LogP contribution in [0.4, 0.5) is 0 Å². The molecule has 13 heteroatoms. The SMILES string of the molecule is CCOC(=O)C1=C(CC)C(C(=O)OC)=[C-]C1.CCOC(=O)CC(=O)CC.COC(=O)CC(=O)CCl.[Na+].[OH-]. The Morgan fingerprint density at radius 2 is 1.35 bits per heavy atom. The molecule has 0 fully saturated rings. The zero-order valence-corrected chi connectivity index (χ0v) is 25.3. The second-order valence-corrected chi connectivity index (χ2v) is 6.82. The van der Waals surface area contributed by atoms with Crippen molar-refractivity contribution in [2.75, 3.05) is 33.3 Å². The molecule has 0 radical (unpaired) electrons. The molecule has 37 heavy (non-hydrogen) atoms. The van der Waals surface area contributed by atoms with Gasteiger partial charge in [-0.25, -0.2) is 4.79 Å². The minimum absolute atomic E-state index is 0. The van der Waals surface area contributed by atoms with E-state index >= 15 is 0 Å². The van der Waals surface area contributed by atoms with Gasteiger partial charge in [-0.15, -0.1) is 22.7 Å². The molecule has 0 unspecified atom stereocenters.